The Balaban J connectivity index is 2.36. The summed E-state index contributed by atoms with van der Waals surface area (Å²) in [5.41, 5.74) is 7.62. The Labute approximate surface area is 97.5 Å². The zero-order valence-electron chi connectivity index (χ0n) is 10.2. The lowest BCUT2D eigenvalue weighted by Gasteiger charge is -2.30. The molecule has 1 atom stereocenters. The minimum absolute atomic E-state index is 0.0717. The summed E-state index contributed by atoms with van der Waals surface area (Å²) in [5, 5.41) is 9.57. The molecule has 88 valence electrons. The molecule has 1 aliphatic rings. The molecule has 0 saturated heterocycles. The molecule has 1 aliphatic carbocycles. The quantitative estimate of drug-likeness (QED) is 0.803. The third kappa shape index (κ3) is 1.94. The van der Waals surface area contributed by atoms with Crippen LogP contribution >= 0.6 is 0 Å². The van der Waals surface area contributed by atoms with Gasteiger partial charge in [0.15, 0.2) is 0 Å². The minimum atomic E-state index is 0.0717. The van der Waals surface area contributed by atoms with E-state index < -0.39 is 0 Å². The van der Waals surface area contributed by atoms with Gasteiger partial charge < -0.3 is 10.8 Å². The third-order valence-electron chi connectivity index (χ3n) is 3.95. The number of nitrogens with two attached hydrogens (primary N) is 1. The predicted molar refractivity (Wildman–Crippen MR) is 66.5 cm³/mol. The summed E-state index contributed by atoms with van der Waals surface area (Å²) in [4.78, 5) is 0. The molecule has 1 fully saturated rings. The molecule has 0 aromatic heterocycles. The number of aromatic hydroxyl groups is 1. The Morgan fingerprint density at radius 3 is 2.56 bits per heavy atom. The van der Waals surface area contributed by atoms with Crippen LogP contribution < -0.4 is 5.73 Å². The Hall–Kier alpha value is -1.02. The van der Waals surface area contributed by atoms with E-state index in [-0.39, 0.29) is 5.41 Å². The van der Waals surface area contributed by atoms with Gasteiger partial charge in [0.05, 0.1) is 0 Å². The summed E-state index contributed by atoms with van der Waals surface area (Å²) >= 11 is 0. The van der Waals surface area contributed by atoms with Crippen molar-refractivity contribution in [3.63, 3.8) is 0 Å². The molecule has 0 radical (unpaired) electrons. The van der Waals surface area contributed by atoms with Crippen molar-refractivity contribution < 1.29 is 5.11 Å². The van der Waals surface area contributed by atoms with E-state index in [1.54, 1.807) is 6.07 Å². The van der Waals surface area contributed by atoms with Gasteiger partial charge in [0.1, 0.15) is 5.75 Å². The minimum Gasteiger partial charge on any atom is -0.508 e. The second kappa shape index (κ2) is 3.77. The average Bonchev–Trinajstić information content (AvgIpc) is 2.56. The van der Waals surface area contributed by atoms with Crippen molar-refractivity contribution in [3.8, 4) is 5.75 Å². The van der Waals surface area contributed by atoms with E-state index in [9.17, 15) is 5.11 Å². The molecule has 2 rings (SSSR count). The van der Waals surface area contributed by atoms with Crippen LogP contribution in [0.15, 0.2) is 24.3 Å². The number of rotatable bonds is 2. The first-order chi connectivity index (χ1) is 7.47. The molecule has 2 heteroatoms. The largest absolute Gasteiger partial charge is 0.508 e. The van der Waals surface area contributed by atoms with Crippen LogP contribution in [0.4, 0.5) is 0 Å². The highest BCUT2D eigenvalue weighted by atomic mass is 16.3. The number of hydrogen-bond acceptors (Lipinski definition) is 2. The van der Waals surface area contributed by atoms with Crippen molar-refractivity contribution in [2.24, 2.45) is 11.1 Å². The molecule has 16 heavy (non-hydrogen) atoms. The van der Waals surface area contributed by atoms with Crippen LogP contribution in [-0.2, 0) is 5.41 Å². The van der Waals surface area contributed by atoms with E-state index in [4.69, 9.17) is 5.73 Å². The molecule has 1 saturated carbocycles. The fourth-order valence-corrected chi connectivity index (χ4v) is 3.04. The van der Waals surface area contributed by atoms with E-state index in [1.807, 2.05) is 12.1 Å². The van der Waals surface area contributed by atoms with E-state index in [0.717, 1.165) is 12.8 Å². The molecule has 0 aliphatic heterocycles. The van der Waals surface area contributed by atoms with Crippen LogP contribution in [0.1, 0.15) is 38.7 Å². The van der Waals surface area contributed by atoms with Gasteiger partial charge >= 0.3 is 0 Å². The Bertz CT molecular complexity index is 386. The number of hydrogen-bond donors (Lipinski definition) is 2. The Kier molecular flexibility index (Phi) is 2.70. The maximum absolute atomic E-state index is 9.57. The van der Waals surface area contributed by atoms with Gasteiger partial charge in [-0.15, -0.1) is 0 Å². The Morgan fingerprint density at radius 1 is 1.31 bits per heavy atom. The predicted octanol–water partition coefficient (Wildman–Crippen LogP) is 2.80. The van der Waals surface area contributed by atoms with Crippen LogP contribution in [0.3, 0.4) is 0 Å². The number of phenols is 1. The Morgan fingerprint density at radius 2 is 2.06 bits per heavy atom. The molecule has 0 heterocycles. The topological polar surface area (TPSA) is 46.2 Å². The SMILES string of the molecule is CC1(C)CCC(CN)(c2cccc(O)c2)C1. The van der Waals surface area contributed by atoms with Gasteiger partial charge in [0.25, 0.3) is 0 Å². The van der Waals surface area contributed by atoms with Gasteiger partial charge in [0, 0.05) is 12.0 Å². The van der Waals surface area contributed by atoms with Crippen LogP contribution in [0.25, 0.3) is 0 Å². The normalized spacial score (nSPS) is 28.2. The highest BCUT2D eigenvalue weighted by Crippen LogP contribution is 2.50. The molecule has 2 nitrogen and oxygen atoms in total. The molecule has 3 N–H and O–H groups in total. The maximum Gasteiger partial charge on any atom is 0.115 e. The standard InChI is InChI=1S/C14H21NO/c1-13(2)6-7-14(9-13,10-15)11-4-3-5-12(16)8-11/h3-5,8,16H,6-7,9-10,15H2,1-2H3. The monoisotopic (exact) mass is 219 g/mol. The van der Waals surface area contributed by atoms with Gasteiger partial charge in [-0.1, -0.05) is 26.0 Å². The molecule has 1 aromatic carbocycles. The van der Waals surface area contributed by atoms with E-state index in [2.05, 4.69) is 19.9 Å². The lowest BCUT2D eigenvalue weighted by molar-refractivity contribution is 0.337. The molecule has 1 unspecified atom stereocenters. The zero-order valence-corrected chi connectivity index (χ0v) is 10.2. The highest BCUT2D eigenvalue weighted by Gasteiger charge is 2.43. The van der Waals surface area contributed by atoms with Crippen molar-refractivity contribution in [2.75, 3.05) is 6.54 Å². The van der Waals surface area contributed by atoms with Gasteiger partial charge in [-0.3, -0.25) is 0 Å². The van der Waals surface area contributed by atoms with Crippen molar-refractivity contribution in [2.45, 2.75) is 38.5 Å². The second-order valence-corrected chi connectivity index (χ2v) is 5.88. The van der Waals surface area contributed by atoms with E-state index in [0.29, 0.717) is 17.7 Å². The first-order valence-electron chi connectivity index (χ1n) is 5.97. The summed E-state index contributed by atoms with van der Waals surface area (Å²) in [7, 11) is 0. The summed E-state index contributed by atoms with van der Waals surface area (Å²) in [6, 6.07) is 7.59. The van der Waals surface area contributed by atoms with Crippen molar-refractivity contribution in [1.29, 1.82) is 0 Å². The van der Waals surface area contributed by atoms with Crippen LogP contribution in [0.2, 0.25) is 0 Å². The molecule has 0 spiro atoms. The molecule has 1 aromatic rings. The van der Waals surface area contributed by atoms with E-state index in [1.165, 1.54) is 12.0 Å². The fourth-order valence-electron chi connectivity index (χ4n) is 3.04. The third-order valence-corrected chi connectivity index (χ3v) is 3.95. The number of phenolic OH excluding ortho intramolecular Hbond substituents is 1. The molecular weight excluding hydrogens is 198 g/mol. The average molecular weight is 219 g/mol. The number of benzene rings is 1. The first kappa shape index (κ1) is 11.5. The summed E-state index contributed by atoms with van der Waals surface area (Å²) in [5.74, 6) is 0.343. The van der Waals surface area contributed by atoms with Crippen molar-refractivity contribution in [1.82, 2.24) is 0 Å². The van der Waals surface area contributed by atoms with Crippen molar-refractivity contribution in [3.05, 3.63) is 29.8 Å². The molecule has 0 bridgehead atoms. The lowest BCUT2D eigenvalue weighted by atomic mass is 9.76. The summed E-state index contributed by atoms with van der Waals surface area (Å²) < 4.78 is 0. The van der Waals surface area contributed by atoms with Crippen LogP contribution in [-0.4, -0.2) is 11.7 Å². The first-order valence-corrected chi connectivity index (χ1v) is 5.97. The smallest absolute Gasteiger partial charge is 0.115 e. The van der Waals surface area contributed by atoms with Crippen molar-refractivity contribution >= 4 is 0 Å². The maximum atomic E-state index is 9.57. The highest BCUT2D eigenvalue weighted by molar-refractivity contribution is 5.34. The fraction of sp³-hybridized carbons (Fsp3) is 0.571. The van der Waals surface area contributed by atoms with Gasteiger partial charge in [-0.05, 0) is 42.4 Å². The summed E-state index contributed by atoms with van der Waals surface area (Å²) in [6.07, 6.45) is 3.44. The molecular formula is C14H21NO. The van der Waals surface area contributed by atoms with Crippen LogP contribution in [0, 0.1) is 5.41 Å². The van der Waals surface area contributed by atoms with E-state index >= 15 is 0 Å². The summed E-state index contributed by atoms with van der Waals surface area (Å²) in [6.45, 7) is 5.26. The van der Waals surface area contributed by atoms with Crippen LogP contribution in [0.5, 0.6) is 5.75 Å². The zero-order chi connectivity index (χ0) is 11.8. The molecule has 0 amide bonds. The lowest BCUT2D eigenvalue weighted by Crippen LogP contribution is -2.33. The van der Waals surface area contributed by atoms with Gasteiger partial charge in [-0.2, -0.15) is 0 Å². The van der Waals surface area contributed by atoms with Gasteiger partial charge in [-0.25, -0.2) is 0 Å². The second-order valence-electron chi connectivity index (χ2n) is 5.88. The van der Waals surface area contributed by atoms with Gasteiger partial charge in [0.2, 0.25) is 0 Å².